The highest BCUT2D eigenvalue weighted by molar-refractivity contribution is 9.10. The summed E-state index contributed by atoms with van der Waals surface area (Å²) in [7, 11) is 0. The summed E-state index contributed by atoms with van der Waals surface area (Å²) in [6, 6.07) is 9.31. The van der Waals surface area contributed by atoms with E-state index in [9.17, 15) is 9.18 Å². The molecule has 0 fully saturated rings. The normalized spacial score (nSPS) is 10.3. The van der Waals surface area contributed by atoms with E-state index in [1.807, 2.05) is 0 Å². The van der Waals surface area contributed by atoms with Gasteiger partial charge in [-0.05, 0) is 62.2 Å². The summed E-state index contributed by atoms with van der Waals surface area (Å²) in [5.74, 6) is -0.897. The van der Waals surface area contributed by atoms with Gasteiger partial charge in [-0.15, -0.1) is 0 Å². The zero-order valence-electron chi connectivity index (χ0n) is 9.38. The van der Waals surface area contributed by atoms with Crippen LogP contribution >= 0.6 is 43.5 Å². The van der Waals surface area contributed by atoms with Crippen LogP contribution in [0, 0.1) is 5.82 Å². The Morgan fingerprint density at radius 2 is 1.95 bits per heavy atom. The fraction of sp³-hybridized carbons (Fsp3) is 0. The monoisotopic (exact) mass is 405 g/mol. The molecule has 0 atom stereocenters. The second-order valence-corrected chi connectivity index (χ2v) is 5.74. The first-order chi connectivity index (χ1) is 8.99. The van der Waals surface area contributed by atoms with Crippen molar-refractivity contribution in [1.29, 1.82) is 0 Å². The van der Waals surface area contributed by atoms with Crippen molar-refractivity contribution in [2.75, 3.05) is 5.32 Å². The fourth-order valence-electron chi connectivity index (χ4n) is 1.45. The van der Waals surface area contributed by atoms with Gasteiger partial charge in [0.05, 0.1) is 15.1 Å². The number of carbonyl (C=O) groups is 1. The number of rotatable bonds is 2. The van der Waals surface area contributed by atoms with E-state index in [1.165, 1.54) is 18.2 Å². The van der Waals surface area contributed by atoms with Gasteiger partial charge in [-0.3, -0.25) is 4.79 Å². The molecule has 1 amide bonds. The Bertz CT molecular complexity index is 649. The molecule has 2 aromatic carbocycles. The van der Waals surface area contributed by atoms with Crippen LogP contribution in [0.3, 0.4) is 0 Å². The van der Waals surface area contributed by atoms with E-state index in [1.54, 1.807) is 18.2 Å². The third-order valence-electron chi connectivity index (χ3n) is 2.37. The fourth-order valence-corrected chi connectivity index (χ4v) is 2.32. The van der Waals surface area contributed by atoms with Crippen molar-refractivity contribution in [3.05, 3.63) is 61.7 Å². The smallest absolute Gasteiger partial charge is 0.256 e. The first kappa shape index (κ1) is 14.5. The predicted molar refractivity (Wildman–Crippen MR) is 81.2 cm³/mol. The number of hydrogen-bond donors (Lipinski definition) is 1. The molecule has 0 heterocycles. The van der Waals surface area contributed by atoms with Crippen molar-refractivity contribution in [1.82, 2.24) is 0 Å². The van der Waals surface area contributed by atoms with Crippen LogP contribution in [0.4, 0.5) is 10.1 Å². The van der Waals surface area contributed by atoms with Gasteiger partial charge in [-0.1, -0.05) is 17.7 Å². The van der Waals surface area contributed by atoms with Crippen LogP contribution in [-0.2, 0) is 0 Å². The highest BCUT2D eigenvalue weighted by Gasteiger charge is 2.13. The zero-order valence-corrected chi connectivity index (χ0v) is 13.3. The van der Waals surface area contributed by atoms with Crippen LogP contribution in [0.25, 0.3) is 0 Å². The molecule has 6 heteroatoms. The second-order valence-electron chi connectivity index (χ2n) is 3.68. The molecule has 0 bridgehead atoms. The minimum absolute atomic E-state index is 0.135. The number of amides is 1. The highest BCUT2D eigenvalue weighted by Crippen LogP contribution is 2.26. The van der Waals surface area contributed by atoms with E-state index in [0.29, 0.717) is 10.7 Å². The summed E-state index contributed by atoms with van der Waals surface area (Å²) >= 11 is 12.2. The molecule has 0 aliphatic rings. The summed E-state index contributed by atoms with van der Waals surface area (Å²) < 4.78 is 14.2. The maximum atomic E-state index is 13.3. The summed E-state index contributed by atoms with van der Waals surface area (Å²) in [6.45, 7) is 0. The minimum atomic E-state index is -0.485. The molecule has 0 radical (unpaired) electrons. The van der Waals surface area contributed by atoms with Gasteiger partial charge in [0, 0.05) is 10.2 Å². The number of hydrogen-bond acceptors (Lipinski definition) is 1. The van der Waals surface area contributed by atoms with Crippen LogP contribution in [0.1, 0.15) is 10.4 Å². The third-order valence-corrected chi connectivity index (χ3v) is 4.41. The van der Waals surface area contributed by atoms with Crippen LogP contribution in [0.2, 0.25) is 5.02 Å². The number of benzene rings is 2. The van der Waals surface area contributed by atoms with E-state index >= 15 is 0 Å². The molecular weight excluding hydrogens is 400 g/mol. The molecule has 0 saturated carbocycles. The Morgan fingerprint density at radius 3 is 2.63 bits per heavy atom. The first-order valence-electron chi connectivity index (χ1n) is 5.19. The molecule has 0 saturated heterocycles. The average molecular weight is 407 g/mol. The van der Waals surface area contributed by atoms with E-state index in [0.717, 1.165) is 4.47 Å². The van der Waals surface area contributed by atoms with Gasteiger partial charge >= 0.3 is 0 Å². The SMILES string of the molecule is O=C(Nc1ccc(Br)c(Cl)c1)c1cccc(F)c1Br. The molecule has 0 aliphatic carbocycles. The lowest BCUT2D eigenvalue weighted by Crippen LogP contribution is -2.13. The van der Waals surface area contributed by atoms with Crippen LogP contribution in [0.5, 0.6) is 0 Å². The number of halogens is 4. The Balaban J connectivity index is 2.26. The molecule has 98 valence electrons. The van der Waals surface area contributed by atoms with Crippen LogP contribution < -0.4 is 5.32 Å². The molecule has 0 aliphatic heterocycles. The minimum Gasteiger partial charge on any atom is -0.322 e. The van der Waals surface area contributed by atoms with Crippen molar-refractivity contribution in [2.24, 2.45) is 0 Å². The second kappa shape index (κ2) is 6.03. The number of anilines is 1. The van der Waals surface area contributed by atoms with Crippen molar-refractivity contribution < 1.29 is 9.18 Å². The van der Waals surface area contributed by atoms with Crippen LogP contribution in [-0.4, -0.2) is 5.91 Å². The molecule has 0 spiro atoms. The van der Waals surface area contributed by atoms with E-state index in [4.69, 9.17) is 11.6 Å². The van der Waals surface area contributed by atoms with Gasteiger partial charge in [-0.25, -0.2) is 4.39 Å². The molecule has 2 aromatic rings. The Labute approximate surface area is 131 Å². The van der Waals surface area contributed by atoms with Gasteiger partial charge in [0.1, 0.15) is 5.82 Å². The summed E-state index contributed by atoms with van der Waals surface area (Å²) in [6.07, 6.45) is 0. The lowest BCUT2D eigenvalue weighted by Gasteiger charge is -2.08. The largest absolute Gasteiger partial charge is 0.322 e. The van der Waals surface area contributed by atoms with Crippen LogP contribution in [0.15, 0.2) is 45.3 Å². The molecule has 0 aromatic heterocycles. The average Bonchev–Trinajstić information content (AvgIpc) is 2.37. The standard InChI is InChI=1S/C13H7Br2ClFNO/c14-9-5-4-7(6-10(9)16)18-13(19)8-2-1-3-11(17)12(8)15/h1-6H,(H,18,19). The van der Waals surface area contributed by atoms with E-state index < -0.39 is 11.7 Å². The summed E-state index contributed by atoms with van der Waals surface area (Å²) in [5.41, 5.74) is 0.758. The van der Waals surface area contributed by atoms with Gasteiger partial charge in [0.2, 0.25) is 0 Å². The van der Waals surface area contributed by atoms with Crippen molar-refractivity contribution in [3.63, 3.8) is 0 Å². The van der Waals surface area contributed by atoms with Crippen molar-refractivity contribution in [3.8, 4) is 0 Å². The Morgan fingerprint density at radius 1 is 1.21 bits per heavy atom. The number of carbonyl (C=O) groups excluding carboxylic acids is 1. The zero-order chi connectivity index (χ0) is 14.0. The van der Waals surface area contributed by atoms with Gasteiger partial charge in [-0.2, -0.15) is 0 Å². The lowest BCUT2D eigenvalue weighted by molar-refractivity contribution is 0.102. The molecule has 19 heavy (non-hydrogen) atoms. The van der Waals surface area contributed by atoms with Crippen molar-refractivity contribution >= 4 is 55.1 Å². The molecular formula is C13H7Br2ClFNO. The van der Waals surface area contributed by atoms with Gasteiger partial charge in [0.15, 0.2) is 0 Å². The Kier molecular flexibility index (Phi) is 4.60. The highest BCUT2D eigenvalue weighted by atomic mass is 79.9. The van der Waals surface area contributed by atoms with E-state index in [2.05, 4.69) is 37.2 Å². The number of nitrogens with one attached hydrogen (secondary N) is 1. The molecule has 0 unspecified atom stereocenters. The maximum Gasteiger partial charge on any atom is 0.256 e. The first-order valence-corrected chi connectivity index (χ1v) is 7.16. The van der Waals surface area contributed by atoms with E-state index in [-0.39, 0.29) is 10.0 Å². The molecule has 2 rings (SSSR count). The quantitative estimate of drug-likeness (QED) is 0.723. The molecule has 1 N–H and O–H groups in total. The summed E-state index contributed by atoms with van der Waals surface area (Å²) in [4.78, 5) is 12.0. The predicted octanol–water partition coefficient (Wildman–Crippen LogP) is 5.26. The lowest BCUT2D eigenvalue weighted by atomic mass is 10.2. The van der Waals surface area contributed by atoms with Crippen molar-refractivity contribution in [2.45, 2.75) is 0 Å². The third kappa shape index (κ3) is 3.35. The topological polar surface area (TPSA) is 29.1 Å². The summed E-state index contributed by atoms with van der Waals surface area (Å²) in [5, 5.41) is 3.14. The van der Waals surface area contributed by atoms with Gasteiger partial charge in [0.25, 0.3) is 5.91 Å². The Hall–Kier alpha value is -0.910. The maximum absolute atomic E-state index is 13.3. The molecule has 2 nitrogen and oxygen atoms in total. The van der Waals surface area contributed by atoms with Gasteiger partial charge < -0.3 is 5.32 Å².